The van der Waals surface area contributed by atoms with Crippen LogP contribution >= 0.6 is 0 Å². The topological polar surface area (TPSA) is 73.4 Å². The highest BCUT2D eigenvalue weighted by Crippen LogP contribution is 2.27. The van der Waals surface area contributed by atoms with E-state index in [-0.39, 0.29) is 11.8 Å². The lowest BCUT2D eigenvalue weighted by Gasteiger charge is -2.36. The van der Waals surface area contributed by atoms with Crippen LogP contribution in [0.15, 0.2) is 36.8 Å². The fourth-order valence-electron chi connectivity index (χ4n) is 5.28. The maximum absolute atomic E-state index is 12.9. The van der Waals surface area contributed by atoms with Crippen molar-refractivity contribution in [3.05, 3.63) is 42.5 Å². The molecule has 0 spiro atoms. The Morgan fingerprint density at radius 3 is 2.56 bits per heavy atom. The molecule has 2 N–H and O–H groups in total. The second kappa shape index (κ2) is 10.7. The molecule has 4 heterocycles. The van der Waals surface area contributed by atoms with Crippen molar-refractivity contribution in [2.24, 2.45) is 5.92 Å². The molecule has 1 amide bonds. The van der Waals surface area contributed by atoms with Gasteiger partial charge in [0.15, 0.2) is 0 Å². The molecule has 1 saturated carbocycles. The number of hydrogen-bond acceptors (Lipinski definition) is 6. The van der Waals surface area contributed by atoms with Gasteiger partial charge in [0.25, 0.3) is 0 Å². The Morgan fingerprint density at radius 2 is 1.82 bits per heavy atom. The van der Waals surface area contributed by atoms with Crippen LogP contribution in [-0.2, 0) is 4.79 Å². The quantitative estimate of drug-likeness (QED) is 0.613. The van der Waals surface area contributed by atoms with E-state index in [4.69, 9.17) is 0 Å². The zero-order chi connectivity index (χ0) is 23.3. The summed E-state index contributed by atoms with van der Waals surface area (Å²) in [5, 5.41) is 6.82. The molecule has 1 aliphatic carbocycles. The highest BCUT2D eigenvalue weighted by molar-refractivity contribution is 5.95. The molecule has 34 heavy (non-hydrogen) atoms. The minimum Gasteiger partial charge on any atom is -0.370 e. The van der Waals surface area contributed by atoms with E-state index in [0.29, 0.717) is 6.04 Å². The number of amides is 1. The molecule has 2 saturated heterocycles. The first-order valence-electron chi connectivity index (χ1n) is 13.1. The SMILES string of the molecule is CC(C(=O)Nc1cncc(N2CCCC2)c1)c1ccc(N2CCC[C@@H](NCC3CCC3)C2)cn1. The van der Waals surface area contributed by atoms with Crippen molar-refractivity contribution >= 4 is 23.0 Å². The molecule has 0 radical (unpaired) electrons. The van der Waals surface area contributed by atoms with Gasteiger partial charge >= 0.3 is 0 Å². The van der Waals surface area contributed by atoms with E-state index >= 15 is 0 Å². The van der Waals surface area contributed by atoms with E-state index in [9.17, 15) is 4.79 Å². The molecular formula is C27H38N6O. The Kier molecular flexibility index (Phi) is 7.28. The predicted octanol–water partition coefficient (Wildman–Crippen LogP) is 4.18. The van der Waals surface area contributed by atoms with Crippen LogP contribution < -0.4 is 20.4 Å². The van der Waals surface area contributed by atoms with E-state index in [2.05, 4.69) is 36.5 Å². The van der Waals surface area contributed by atoms with Gasteiger partial charge in [-0.1, -0.05) is 6.42 Å². The number of pyridine rings is 2. The maximum Gasteiger partial charge on any atom is 0.233 e. The second-order valence-corrected chi connectivity index (χ2v) is 10.3. The van der Waals surface area contributed by atoms with Crippen LogP contribution in [0.2, 0.25) is 0 Å². The number of hydrogen-bond donors (Lipinski definition) is 2. The standard InChI is InChI=1S/C27H38N6O/c1-20(27(34)31-23-14-25(17-28-16-23)32-11-2-3-12-32)26-10-9-24(18-30-26)33-13-5-8-22(19-33)29-15-21-6-4-7-21/h9-10,14,16-18,20-22,29H,2-8,11-13,15,19H2,1H3,(H,31,34)/t20?,22-/m1/s1. The maximum atomic E-state index is 12.9. The summed E-state index contributed by atoms with van der Waals surface area (Å²) in [6, 6.07) is 6.70. The zero-order valence-corrected chi connectivity index (χ0v) is 20.4. The van der Waals surface area contributed by atoms with Crippen LogP contribution in [0.4, 0.5) is 17.1 Å². The van der Waals surface area contributed by atoms with Gasteiger partial charge in [-0.3, -0.25) is 14.8 Å². The zero-order valence-electron chi connectivity index (χ0n) is 20.4. The number of nitrogens with zero attached hydrogens (tertiary/aromatic N) is 4. The molecule has 2 aromatic rings. The fraction of sp³-hybridized carbons (Fsp3) is 0.593. The van der Waals surface area contributed by atoms with Gasteiger partial charge in [-0.2, -0.15) is 0 Å². The summed E-state index contributed by atoms with van der Waals surface area (Å²) >= 11 is 0. The minimum atomic E-state index is -0.331. The van der Waals surface area contributed by atoms with Crippen LogP contribution in [0, 0.1) is 5.92 Å². The van der Waals surface area contributed by atoms with Gasteiger partial charge in [0.1, 0.15) is 0 Å². The molecule has 2 atom stereocenters. The third-order valence-electron chi connectivity index (χ3n) is 7.78. The number of carbonyl (C=O) groups is 1. The number of nitrogens with one attached hydrogen (secondary N) is 2. The van der Waals surface area contributed by atoms with Crippen LogP contribution in [0.1, 0.15) is 63.5 Å². The fourth-order valence-corrected chi connectivity index (χ4v) is 5.28. The lowest BCUT2D eigenvalue weighted by atomic mass is 9.85. The first-order chi connectivity index (χ1) is 16.7. The van der Waals surface area contributed by atoms with Gasteiger partial charge in [-0.05, 0) is 76.1 Å². The first kappa shape index (κ1) is 23.1. The Bertz CT molecular complexity index is 954. The van der Waals surface area contributed by atoms with Crippen LogP contribution in [0.3, 0.4) is 0 Å². The van der Waals surface area contributed by atoms with Gasteiger partial charge < -0.3 is 20.4 Å². The first-order valence-corrected chi connectivity index (χ1v) is 13.1. The lowest BCUT2D eigenvalue weighted by Crippen LogP contribution is -2.47. The van der Waals surface area contributed by atoms with E-state index in [1.54, 1.807) is 6.20 Å². The summed E-state index contributed by atoms with van der Waals surface area (Å²) in [6.45, 7) is 7.29. The van der Waals surface area contributed by atoms with E-state index in [1.165, 1.54) is 51.5 Å². The van der Waals surface area contributed by atoms with Crippen molar-refractivity contribution in [1.82, 2.24) is 15.3 Å². The van der Waals surface area contributed by atoms with Crippen molar-refractivity contribution < 1.29 is 4.79 Å². The summed E-state index contributed by atoms with van der Waals surface area (Å²) in [4.78, 5) is 26.7. The molecule has 182 valence electrons. The van der Waals surface area contributed by atoms with Crippen LogP contribution in [0.5, 0.6) is 0 Å². The molecular weight excluding hydrogens is 424 g/mol. The Morgan fingerprint density at radius 1 is 1.00 bits per heavy atom. The third-order valence-corrected chi connectivity index (χ3v) is 7.78. The van der Waals surface area contributed by atoms with E-state index in [0.717, 1.165) is 54.9 Å². The lowest BCUT2D eigenvalue weighted by molar-refractivity contribution is -0.117. The number of aromatic nitrogens is 2. The Hall–Kier alpha value is -2.67. The van der Waals surface area contributed by atoms with Crippen molar-refractivity contribution in [1.29, 1.82) is 0 Å². The van der Waals surface area contributed by atoms with E-state index in [1.807, 2.05) is 31.5 Å². The summed E-state index contributed by atoms with van der Waals surface area (Å²) in [7, 11) is 0. The molecule has 0 bridgehead atoms. The highest BCUT2D eigenvalue weighted by atomic mass is 16.1. The van der Waals surface area contributed by atoms with Crippen LogP contribution in [-0.4, -0.2) is 54.6 Å². The predicted molar refractivity (Wildman–Crippen MR) is 138 cm³/mol. The van der Waals surface area contributed by atoms with Crippen molar-refractivity contribution in [2.75, 3.05) is 47.8 Å². The highest BCUT2D eigenvalue weighted by Gasteiger charge is 2.24. The normalized spacial score (nSPS) is 21.9. The molecule has 3 aliphatic rings. The van der Waals surface area contributed by atoms with Crippen molar-refractivity contribution in [3.63, 3.8) is 0 Å². The summed E-state index contributed by atoms with van der Waals surface area (Å²) in [5.41, 5.74) is 3.76. The Labute approximate surface area is 203 Å². The van der Waals surface area contributed by atoms with Gasteiger partial charge in [0.05, 0.1) is 47.3 Å². The monoisotopic (exact) mass is 462 g/mol. The number of rotatable bonds is 8. The molecule has 1 unspecified atom stereocenters. The summed E-state index contributed by atoms with van der Waals surface area (Å²) in [6.07, 6.45) is 14.6. The van der Waals surface area contributed by atoms with Gasteiger partial charge in [-0.15, -0.1) is 0 Å². The number of piperidine rings is 1. The van der Waals surface area contributed by atoms with Crippen molar-refractivity contribution in [3.8, 4) is 0 Å². The number of anilines is 3. The van der Waals surface area contributed by atoms with Gasteiger partial charge in [0.2, 0.25) is 5.91 Å². The number of carbonyl (C=O) groups excluding carboxylic acids is 1. The molecule has 0 aromatic carbocycles. The van der Waals surface area contributed by atoms with E-state index < -0.39 is 0 Å². The third kappa shape index (κ3) is 5.52. The average Bonchev–Trinajstić information content (AvgIpc) is 3.38. The summed E-state index contributed by atoms with van der Waals surface area (Å²) < 4.78 is 0. The molecule has 3 fully saturated rings. The van der Waals surface area contributed by atoms with Gasteiger partial charge in [0, 0.05) is 32.2 Å². The summed E-state index contributed by atoms with van der Waals surface area (Å²) in [5.74, 6) is 0.504. The largest absolute Gasteiger partial charge is 0.370 e. The average molecular weight is 463 g/mol. The minimum absolute atomic E-state index is 0.0566. The smallest absolute Gasteiger partial charge is 0.233 e. The van der Waals surface area contributed by atoms with Crippen LogP contribution in [0.25, 0.3) is 0 Å². The van der Waals surface area contributed by atoms with Gasteiger partial charge in [-0.25, -0.2) is 0 Å². The second-order valence-electron chi connectivity index (χ2n) is 10.3. The molecule has 2 aromatic heterocycles. The molecule has 5 rings (SSSR count). The molecule has 7 heteroatoms. The molecule has 7 nitrogen and oxygen atoms in total. The Balaban J connectivity index is 1.16. The van der Waals surface area contributed by atoms with Crippen molar-refractivity contribution in [2.45, 2.75) is 63.8 Å². The molecule has 2 aliphatic heterocycles.